The van der Waals surface area contributed by atoms with Crippen molar-refractivity contribution in [3.63, 3.8) is 0 Å². The average Bonchev–Trinajstić information content (AvgIpc) is 2.53. The maximum atomic E-state index is 12.6. The van der Waals surface area contributed by atoms with E-state index in [2.05, 4.69) is 5.32 Å². The van der Waals surface area contributed by atoms with E-state index in [0.717, 1.165) is 0 Å². The Labute approximate surface area is 122 Å². The summed E-state index contributed by atoms with van der Waals surface area (Å²) in [5.41, 5.74) is 1.87. The molecular weight excluding hydrogens is 268 g/mol. The van der Waals surface area contributed by atoms with E-state index in [1.165, 1.54) is 4.90 Å². The normalized spacial score (nSPS) is 13.4. The van der Waals surface area contributed by atoms with Gasteiger partial charge in [0, 0.05) is 5.56 Å². The van der Waals surface area contributed by atoms with E-state index in [4.69, 9.17) is 4.74 Å². The second-order valence-electron chi connectivity index (χ2n) is 4.69. The van der Waals surface area contributed by atoms with Crippen molar-refractivity contribution in [1.29, 1.82) is 0 Å². The molecule has 0 aromatic heterocycles. The van der Waals surface area contributed by atoms with Crippen LogP contribution in [0.1, 0.15) is 10.4 Å². The maximum Gasteiger partial charge on any atom is 0.258 e. The van der Waals surface area contributed by atoms with Gasteiger partial charge in [-0.1, -0.05) is 12.1 Å². The van der Waals surface area contributed by atoms with Crippen LogP contribution in [-0.4, -0.2) is 25.5 Å². The van der Waals surface area contributed by atoms with Gasteiger partial charge in [-0.3, -0.25) is 14.5 Å². The molecule has 0 spiro atoms. The molecule has 2 aromatic rings. The van der Waals surface area contributed by atoms with Crippen molar-refractivity contribution in [2.45, 2.75) is 0 Å². The van der Waals surface area contributed by atoms with Gasteiger partial charge in [-0.05, 0) is 36.4 Å². The Morgan fingerprint density at radius 1 is 1.14 bits per heavy atom. The number of nitrogens with one attached hydrogen (secondary N) is 1. The first-order valence-corrected chi connectivity index (χ1v) is 6.54. The lowest BCUT2D eigenvalue weighted by Gasteiger charge is -2.29. The number of fused-ring (bicyclic) bond motifs is 1. The van der Waals surface area contributed by atoms with Crippen molar-refractivity contribution in [2.75, 3.05) is 23.9 Å². The molecule has 0 bridgehead atoms. The predicted molar refractivity (Wildman–Crippen MR) is 79.7 cm³/mol. The summed E-state index contributed by atoms with van der Waals surface area (Å²) in [6, 6.07) is 14.1. The van der Waals surface area contributed by atoms with Gasteiger partial charge >= 0.3 is 0 Å². The average molecular weight is 282 g/mol. The van der Waals surface area contributed by atoms with E-state index in [9.17, 15) is 9.59 Å². The highest BCUT2D eigenvalue weighted by Crippen LogP contribution is 2.30. The van der Waals surface area contributed by atoms with Crippen LogP contribution in [0.25, 0.3) is 0 Å². The van der Waals surface area contributed by atoms with Crippen LogP contribution in [0.15, 0.2) is 48.5 Å². The molecule has 0 atom stereocenters. The molecule has 0 radical (unpaired) electrons. The van der Waals surface area contributed by atoms with Gasteiger partial charge in [0.05, 0.1) is 18.5 Å². The van der Waals surface area contributed by atoms with Gasteiger partial charge in [-0.2, -0.15) is 0 Å². The monoisotopic (exact) mass is 282 g/mol. The fraction of sp³-hybridized carbons (Fsp3) is 0.125. The summed E-state index contributed by atoms with van der Waals surface area (Å²) < 4.78 is 5.08. The van der Waals surface area contributed by atoms with E-state index in [1.54, 1.807) is 37.4 Å². The number of amides is 2. The van der Waals surface area contributed by atoms with Crippen molar-refractivity contribution in [3.8, 4) is 5.75 Å². The van der Waals surface area contributed by atoms with Crippen molar-refractivity contribution < 1.29 is 14.3 Å². The van der Waals surface area contributed by atoms with Crippen LogP contribution < -0.4 is 15.0 Å². The van der Waals surface area contributed by atoms with Crippen LogP contribution in [0.2, 0.25) is 0 Å². The van der Waals surface area contributed by atoms with E-state index in [0.29, 0.717) is 22.7 Å². The van der Waals surface area contributed by atoms with E-state index in [1.807, 2.05) is 18.2 Å². The lowest BCUT2D eigenvalue weighted by molar-refractivity contribution is -0.115. The van der Waals surface area contributed by atoms with Crippen LogP contribution in [0.5, 0.6) is 5.75 Å². The van der Waals surface area contributed by atoms with Gasteiger partial charge in [0.1, 0.15) is 12.3 Å². The molecule has 3 rings (SSSR count). The van der Waals surface area contributed by atoms with Crippen molar-refractivity contribution >= 4 is 23.2 Å². The third kappa shape index (κ3) is 2.45. The Kier molecular flexibility index (Phi) is 3.31. The number of nitrogens with zero attached hydrogens (tertiary/aromatic N) is 1. The lowest BCUT2D eigenvalue weighted by Crippen LogP contribution is -2.42. The molecule has 1 N–H and O–H groups in total. The maximum absolute atomic E-state index is 12.6. The van der Waals surface area contributed by atoms with Crippen molar-refractivity contribution in [1.82, 2.24) is 0 Å². The number of anilines is 2. The fourth-order valence-electron chi connectivity index (χ4n) is 2.30. The first-order valence-electron chi connectivity index (χ1n) is 6.54. The highest BCUT2D eigenvalue weighted by molar-refractivity contribution is 6.15. The van der Waals surface area contributed by atoms with Gasteiger partial charge in [0.25, 0.3) is 5.91 Å². The summed E-state index contributed by atoms with van der Waals surface area (Å²) >= 11 is 0. The Morgan fingerprint density at radius 2 is 1.86 bits per heavy atom. The minimum absolute atomic E-state index is 0.0157. The summed E-state index contributed by atoms with van der Waals surface area (Å²) in [7, 11) is 1.57. The van der Waals surface area contributed by atoms with Crippen molar-refractivity contribution in [2.24, 2.45) is 0 Å². The number of carbonyl (C=O) groups is 2. The highest BCUT2D eigenvalue weighted by Gasteiger charge is 2.27. The number of hydrogen-bond donors (Lipinski definition) is 1. The zero-order chi connectivity index (χ0) is 14.8. The quantitative estimate of drug-likeness (QED) is 0.919. The Morgan fingerprint density at radius 3 is 2.57 bits per heavy atom. The second-order valence-corrected chi connectivity index (χ2v) is 4.69. The summed E-state index contributed by atoms with van der Waals surface area (Å²) in [6.45, 7) is 0.0157. The Bertz CT molecular complexity index is 695. The molecule has 1 heterocycles. The number of benzene rings is 2. The van der Waals surface area contributed by atoms with Gasteiger partial charge in [0.2, 0.25) is 5.91 Å². The zero-order valence-corrected chi connectivity index (χ0v) is 11.5. The first-order chi connectivity index (χ1) is 10.2. The summed E-state index contributed by atoms with van der Waals surface area (Å²) in [5, 5.41) is 2.76. The molecule has 2 amide bonds. The molecule has 0 unspecified atom stereocenters. The molecule has 0 fully saturated rings. The molecule has 5 heteroatoms. The third-order valence-corrected chi connectivity index (χ3v) is 3.35. The van der Waals surface area contributed by atoms with E-state index < -0.39 is 0 Å². The fourth-order valence-corrected chi connectivity index (χ4v) is 2.30. The van der Waals surface area contributed by atoms with Gasteiger partial charge in [-0.15, -0.1) is 0 Å². The largest absolute Gasteiger partial charge is 0.497 e. The van der Waals surface area contributed by atoms with Crippen LogP contribution in [0.3, 0.4) is 0 Å². The van der Waals surface area contributed by atoms with Crippen LogP contribution in [-0.2, 0) is 4.79 Å². The molecule has 21 heavy (non-hydrogen) atoms. The minimum atomic E-state index is -0.208. The third-order valence-electron chi connectivity index (χ3n) is 3.35. The molecular formula is C16H14N2O3. The van der Waals surface area contributed by atoms with E-state index >= 15 is 0 Å². The van der Waals surface area contributed by atoms with Crippen LogP contribution in [0.4, 0.5) is 11.4 Å². The standard InChI is InChI=1S/C16H14N2O3/c1-21-12-8-6-11(7-9-12)16(20)18-10-15(19)17-13-4-2-3-5-14(13)18/h2-9H,10H2,1H3,(H,17,19). The molecule has 0 saturated carbocycles. The minimum Gasteiger partial charge on any atom is -0.497 e. The molecule has 0 aliphatic carbocycles. The lowest BCUT2D eigenvalue weighted by atomic mass is 10.1. The summed E-state index contributed by atoms with van der Waals surface area (Å²) in [4.78, 5) is 25.8. The predicted octanol–water partition coefficient (Wildman–Crippen LogP) is 2.29. The number of rotatable bonds is 2. The SMILES string of the molecule is COc1ccc(C(=O)N2CC(=O)Nc3ccccc32)cc1. The molecule has 5 nitrogen and oxygen atoms in total. The molecule has 2 aromatic carbocycles. The number of ether oxygens (including phenoxy) is 1. The highest BCUT2D eigenvalue weighted by atomic mass is 16.5. The van der Waals surface area contributed by atoms with Gasteiger partial charge < -0.3 is 10.1 Å². The van der Waals surface area contributed by atoms with E-state index in [-0.39, 0.29) is 18.4 Å². The number of carbonyl (C=O) groups excluding carboxylic acids is 2. The Hall–Kier alpha value is -2.82. The molecule has 106 valence electrons. The number of para-hydroxylation sites is 2. The topological polar surface area (TPSA) is 58.6 Å². The number of methoxy groups -OCH3 is 1. The second kappa shape index (κ2) is 5.28. The van der Waals surface area contributed by atoms with Gasteiger partial charge in [-0.25, -0.2) is 0 Å². The van der Waals surface area contributed by atoms with Crippen LogP contribution in [0, 0.1) is 0 Å². The first kappa shape index (κ1) is 13.2. The van der Waals surface area contributed by atoms with Crippen molar-refractivity contribution in [3.05, 3.63) is 54.1 Å². The smallest absolute Gasteiger partial charge is 0.258 e. The Balaban J connectivity index is 1.95. The van der Waals surface area contributed by atoms with Gasteiger partial charge in [0.15, 0.2) is 0 Å². The zero-order valence-electron chi connectivity index (χ0n) is 11.5. The van der Waals surface area contributed by atoms with Crippen LogP contribution >= 0.6 is 0 Å². The molecule has 0 saturated heterocycles. The summed E-state index contributed by atoms with van der Waals surface area (Å²) in [6.07, 6.45) is 0. The number of hydrogen-bond acceptors (Lipinski definition) is 3. The molecule has 1 aliphatic rings. The summed E-state index contributed by atoms with van der Waals surface area (Å²) in [5.74, 6) is 0.277. The molecule has 1 aliphatic heterocycles.